The molecule has 0 spiro atoms. The van der Waals surface area contributed by atoms with Crippen LogP contribution in [0.5, 0.6) is 0 Å². The molecule has 4 aliphatic carbocycles. The summed E-state index contributed by atoms with van der Waals surface area (Å²) in [5, 5.41) is 10.7. The van der Waals surface area contributed by atoms with Gasteiger partial charge in [-0.25, -0.2) is 0 Å². The second kappa shape index (κ2) is 7.75. The van der Waals surface area contributed by atoms with E-state index in [-0.39, 0.29) is 16.9 Å². The summed E-state index contributed by atoms with van der Waals surface area (Å²) in [6.45, 7) is 19.7. The molecule has 0 bridgehead atoms. The van der Waals surface area contributed by atoms with Gasteiger partial charge in [-0.3, -0.25) is 0 Å². The Hall–Kier alpha value is -0.560. The van der Waals surface area contributed by atoms with Crippen LogP contribution in [0.25, 0.3) is 0 Å². The van der Waals surface area contributed by atoms with E-state index in [0.717, 1.165) is 29.6 Å². The predicted molar refractivity (Wildman–Crippen MR) is 133 cm³/mol. The minimum atomic E-state index is -0.352. The van der Waals surface area contributed by atoms with Gasteiger partial charge in [-0.05, 0) is 72.5 Å². The normalized spacial score (nSPS) is 46.8. The highest BCUT2D eigenvalue weighted by atomic mass is 16.3. The summed E-state index contributed by atoms with van der Waals surface area (Å²) >= 11 is 0. The topological polar surface area (TPSA) is 20.2 Å². The van der Waals surface area contributed by atoms with E-state index >= 15 is 0 Å². The highest BCUT2D eigenvalue weighted by Gasteiger charge is 2.65. The van der Waals surface area contributed by atoms with E-state index in [9.17, 15) is 5.11 Å². The first kappa shape index (κ1) is 23.6. The van der Waals surface area contributed by atoms with Crippen molar-refractivity contribution >= 4 is 0 Å². The van der Waals surface area contributed by atoms with E-state index < -0.39 is 0 Å². The molecule has 1 N–H and O–H groups in total. The van der Waals surface area contributed by atoms with E-state index in [0.29, 0.717) is 10.8 Å². The Bertz CT molecular complexity index is 744. The van der Waals surface area contributed by atoms with Gasteiger partial charge in [-0.2, -0.15) is 0 Å². The SMILES string of the molecule is CC(C)CCC[C@@H](C)[C@H]1CC[C@@]2(C)[C@@H]3CC=C4C(C)(C)[C@@H](O)C=C[C@]4(C)[C@H]3CC[C@]12C. The molecule has 0 aliphatic heterocycles. The minimum absolute atomic E-state index is 0.122. The van der Waals surface area contributed by atoms with Crippen LogP contribution < -0.4 is 0 Å². The van der Waals surface area contributed by atoms with Crippen LogP contribution in [0, 0.1) is 51.2 Å². The molecule has 31 heavy (non-hydrogen) atoms. The van der Waals surface area contributed by atoms with Crippen molar-refractivity contribution in [2.45, 2.75) is 113 Å². The number of aliphatic hydroxyl groups is 1. The van der Waals surface area contributed by atoms with Crippen LogP contribution in [0.4, 0.5) is 0 Å². The molecule has 2 saturated carbocycles. The minimum Gasteiger partial charge on any atom is -0.388 e. The van der Waals surface area contributed by atoms with Crippen LogP contribution in [-0.2, 0) is 0 Å². The summed E-state index contributed by atoms with van der Waals surface area (Å²) in [6, 6.07) is 0. The molecular weight excluding hydrogens is 376 g/mol. The van der Waals surface area contributed by atoms with E-state index in [2.05, 4.69) is 73.6 Å². The second-order valence-corrected chi connectivity index (χ2v) is 13.7. The van der Waals surface area contributed by atoms with E-state index in [1.165, 1.54) is 56.9 Å². The summed E-state index contributed by atoms with van der Waals surface area (Å²) in [5.41, 5.74) is 2.43. The van der Waals surface area contributed by atoms with Crippen molar-refractivity contribution in [2.24, 2.45) is 51.2 Å². The second-order valence-electron chi connectivity index (χ2n) is 13.7. The maximum absolute atomic E-state index is 10.7. The number of fused-ring (bicyclic) bond motifs is 5. The van der Waals surface area contributed by atoms with Crippen molar-refractivity contribution in [2.75, 3.05) is 0 Å². The standard InChI is InChI=1S/C30H50O/c1-20(2)10-9-11-21(3)22-14-18-30(8)24-12-13-25-27(4,5)26(31)16-17-28(25,6)23(24)15-19-29(22,30)7/h13,16-17,20-24,26,31H,9-12,14-15,18-19H2,1-8H3/t21-,22-,23+,24-,26+,28-,29-,30+/m1/s1. The number of aliphatic hydroxyl groups excluding tert-OH is 1. The molecule has 0 aromatic rings. The zero-order valence-electron chi connectivity index (χ0n) is 21.8. The molecule has 1 nitrogen and oxygen atoms in total. The third-order valence-corrected chi connectivity index (χ3v) is 11.5. The maximum atomic E-state index is 10.7. The molecular formula is C30H50O. The van der Waals surface area contributed by atoms with Gasteiger partial charge in [0.15, 0.2) is 0 Å². The van der Waals surface area contributed by atoms with Gasteiger partial charge in [0.1, 0.15) is 0 Å². The highest BCUT2D eigenvalue weighted by molar-refractivity contribution is 5.38. The van der Waals surface area contributed by atoms with Crippen LogP contribution in [0.3, 0.4) is 0 Å². The van der Waals surface area contributed by atoms with Crippen molar-refractivity contribution < 1.29 is 5.11 Å². The molecule has 0 amide bonds. The molecule has 176 valence electrons. The van der Waals surface area contributed by atoms with Crippen LogP contribution in [0.1, 0.15) is 107 Å². The first-order valence-corrected chi connectivity index (χ1v) is 13.5. The first-order chi connectivity index (χ1) is 14.4. The number of rotatable bonds is 5. The molecule has 0 radical (unpaired) electrons. The zero-order valence-corrected chi connectivity index (χ0v) is 21.8. The maximum Gasteiger partial charge on any atom is 0.0809 e. The molecule has 0 aromatic heterocycles. The van der Waals surface area contributed by atoms with Gasteiger partial charge in [0.25, 0.3) is 0 Å². The lowest BCUT2D eigenvalue weighted by atomic mass is 9.41. The highest BCUT2D eigenvalue weighted by Crippen LogP contribution is 2.73. The summed E-state index contributed by atoms with van der Waals surface area (Å²) in [6.07, 6.45) is 17.8. The van der Waals surface area contributed by atoms with Crippen LogP contribution in [0.2, 0.25) is 0 Å². The first-order valence-electron chi connectivity index (χ1n) is 13.5. The van der Waals surface area contributed by atoms with E-state index in [4.69, 9.17) is 0 Å². The summed E-state index contributed by atoms with van der Waals surface area (Å²) in [7, 11) is 0. The van der Waals surface area contributed by atoms with Crippen molar-refractivity contribution in [1.29, 1.82) is 0 Å². The molecule has 2 fully saturated rings. The van der Waals surface area contributed by atoms with Gasteiger partial charge in [0.05, 0.1) is 6.10 Å². The van der Waals surface area contributed by atoms with Gasteiger partial charge in [-0.1, -0.05) is 98.5 Å². The Morgan fingerprint density at radius 2 is 1.61 bits per heavy atom. The lowest BCUT2D eigenvalue weighted by Gasteiger charge is -2.63. The van der Waals surface area contributed by atoms with Crippen LogP contribution in [0.15, 0.2) is 23.8 Å². The molecule has 0 aromatic carbocycles. The number of hydrogen-bond donors (Lipinski definition) is 1. The van der Waals surface area contributed by atoms with Crippen LogP contribution in [-0.4, -0.2) is 11.2 Å². The average molecular weight is 427 g/mol. The van der Waals surface area contributed by atoms with Crippen molar-refractivity contribution in [3.05, 3.63) is 23.8 Å². The zero-order chi connectivity index (χ0) is 22.8. The molecule has 8 atom stereocenters. The lowest BCUT2D eigenvalue weighted by Crippen LogP contribution is -2.56. The number of hydrogen-bond acceptors (Lipinski definition) is 1. The number of allylic oxidation sites excluding steroid dienone is 2. The third-order valence-electron chi connectivity index (χ3n) is 11.5. The Morgan fingerprint density at radius 3 is 2.29 bits per heavy atom. The Balaban J connectivity index is 1.61. The molecule has 4 aliphatic rings. The molecule has 0 saturated heterocycles. The van der Waals surface area contributed by atoms with Gasteiger partial charge in [0, 0.05) is 10.8 Å². The smallest absolute Gasteiger partial charge is 0.0809 e. The van der Waals surface area contributed by atoms with Crippen molar-refractivity contribution in [3.63, 3.8) is 0 Å². The van der Waals surface area contributed by atoms with E-state index in [1.807, 2.05) is 0 Å². The molecule has 0 heterocycles. The van der Waals surface area contributed by atoms with Gasteiger partial charge in [0.2, 0.25) is 0 Å². The monoisotopic (exact) mass is 426 g/mol. The third kappa shape index (κ3) is 3.34. The molecule has 0 unspecified atom stereocenters. The fourth-order valence-corrected chi connectivity index (χ4v) is 9.29. The quantitative estimate of drug-likeness (QED) is 0.439. The van der Waals surface area contributed by atoms with E-state index in [1.54, 1.807) is 0 Å². The molecule has 4 rings (SSSR count). The van der Waals surface area contributed by atoms with Gasteiger partial charge in [-0.15, -0.1) is 0 Å². The average Bonchev–Trinajstić information content (AvgIpc) is 2.96. The van der Waals surface area contributed by atoms with Gasteiger partial charge < -0.3 is 5.11 Å². The Morgan fingerprint density at radius 1 is 0.935 bits per heavy atom. The largest absolute Gasteiger partial charge is 0.388 e. The Kier molecular flexibility index (Phi) is 5.90. The Labute approximate surface area is 193 Å². The summed E-state index contributed by atoms with van der Waals surface area (Å²) in [4.78, 5) is 0. The molecule has 1 heteroatoms. The lowest BCUT2D eigenvalue weighted by molar-refractivity contribution is -0.105. The predicted octanol–water partition coefficient (Wildman–Crippen LogP) is 8.19. The van der Waals surface area contributed by atoms with Crippen molar-refractivity contribution in [1.82, 2.24) is 0 Å². The summed E-state index contributed by atoms with van der Waals surface area (Å²) < 4.78 is 0. The fourth-order valence-electron chi connectivity index (χ4n) is 9.29. The van der Waals surface area contributed by atoms with Crippen LogP contribution >= 0.6 is 0 Å². The summed E-state index contributed by atoms with van der Waals surface area (Å²) in [5.74, 6) is 4.09. The van der Waals surface area contributed by atoms with Crippen molar-refractivity contribution in [3.8, 4) is 0 Å². The fraction of sp³-hybridized carbons (Fsp3) is 0.867. The van der Waals surface area contributed by atoms with Gasteiger partial charge >= 0.3 is 0 Å².